The summed E-state index contributed by atoms with van der Waals surface area (Å²) in [5.74, 6) is 0. The van der Waals surface area contributed by atoms with Gasteiger partial charge in [0.25, 0.3) is 10.2 Å². The van der Waals surface area contributed by atoms with Crippen molar-refractivity contribution in [2.24, 2.45) is 0 Å². The molecule has 0 aliphatic carbocycles. The highest BCUT2D eigenvalue weighted by Gasteiger charge is 2.23. The molecule has 0 aliphatic rings. The van der Waals surface area contributed by atoms with Crippen LogP contribution >= 0.6 is 0 Å². The summed E-state index contributed by atoms with van der Waals surface area (Å²) in [6, 6.07) is 13.3. The van der Waals surface area contributed by atoms with E-state index in [0.717, 1.165) is 16.8 Å². The van der Waals surface area contributed by atoms with Crippen molar-refractivity contribution in [1.29, 1.82) is 0 Å². The first-order valence-electron chi connectivity index (χ1n) is 7.02. The summed E-state index contributed by atoms with van der Waals surface area (Å²) in [6.45, 7) is 2.56. The lowest BCUT2D eigenvalue weighted by Crippen LogP contribution is -2.38. The highest BCUT2D eigenvalue weighted by Crippen LogP contribution is 2.13. The molecular weight excluding hydrogens is 298 g/mol. The quantitative estimate of drug-likeness (QED) is 0.820. The van der Waals surface area contributed by atoms with Crippen molar-refractivity contribution in [3.63, 3.8) is 0 Å². The Morgan fingerprint density at radius 1 is 0.955 bits per heavy atom. The van der Waals surface area contributed by atoms with Gasteiger partial charge in [-0.2, -0.15) is 17.0 Å². The maximum atomic E-state index is 12.6. The number of hydrogen-bond donors (Lipinski definition) is 0. The van der Waals surface area contributed by atoms with Gasteiger partial charge in [0, 0.05) is 39.1 Å². The van der Waals surface area contributed by atoms with Gasteiger partial charge in [0.1, 0.15) is 0 Å². The highest BCUT2D eigenvalue weighted by molar-refractivity contribution is 7.86. The number of benzene rings is 1. The number of hydrogen-bond acceptors (Lipinski definition) is 3. The van der Waals surface area contributed by atoms with E-state index in [2.05, 4.69) is 4.98 Å². The van der Waals surface area contributed by atoms with E-state index >= 15 is 0 Å². The van der Waals surface area contributed by atoms with E-state index in [0.29, 0.717) is 13.1 Å². The molecule has 118 valence electrons. The van der Waals surface area contributed by atoms with E-state index in [9.17, 15) is 8.42 Å². The summed E-state index contributed by atoms with van der Waals surface area (Å²) >= 11 is 0. The highest BCUT2D eigenvalue weighted by atomic mass is 32.2. The minimum Gasteiger partial charge on any atom is -0.262 e. The summed E-state index contributed by atoms with van der Waals surface area (Å²) in [7, 11) is -0.318. The molecule has 0 saturated heterocycles. The Labute approximate surface area is 132 Å². The van der Waals surface area contributed by atoms with Gasteiger partial charge in [-0.25, -0.2) is 0 Å². The van der Waals surface area contributed by atoms with Crippen molar-refractivity contribution in [2.75, 3.05) is 14.1 Å². The molecule has 0 atom stereocenters. The van der Waals surface area contributed by atoms with E-state index in [-0.39, 0.29) is 0 Å². The fraction of sp³-hybridized carbons (Fsp3) is 0.312. The molecule has 0 aliphatic heterocycles. The van der Waals surface area contributed by atoms with Gasteiger partial charge in [0.05, 0.1) is 0 Å². The van der Waals surface area contributed by atoms with Crippen LogP contribution in [0.4, 0.5) is 0 Å². The Balaban J connectivity index is 2.08. The molecule has 0 spiro atoms. The zero-order chi connectivity index (χ0) is 16.2. The van der Waals surface area contributed by atoms with Crippen LogP contribution in [0.5, 0.6) is 0 Å². The lowest BCUT2D eigenvalue weighted by Gasteiger charge is -2.24. The molecule has 0 saturated carbocycles. The van der Waals surface area contributed by atoms with E-state index in [1.54, 1.807) is 20.3 Å². The summed E-state index contributed by atoms with van der Waals surface area (Å²) in [4.78, 5) is 4.12. The lowest BCUT2D eigenvalue weighted by atomic mass is 10.2. The van der Waals surface area contributed by atoms with Crippen LogP contribution in [-0.4, -0.2) is 36.1 Å². The molecule has 2 aromatic rings. The molecule has 6 heteroatoms. The predicted octanol–water partition coefficient (Wildman–Crippen LogP) is 2.20. The molecule has 5 nitrogen and oxygen atoms in total. The predicted molar refractivity (Wildman–Crippen MR) is 87.3 cm³/mol. The molecule has 22 heavy (non-hydrogen) atoms. The van der Waals surface area contributed by atoms with Crippen molar-refractivity contribution in [3.05, 3.63) is 65.5 Å². The van der Waals surface area contributed by atoms with Gasteiger partial charge in [-0.3, -0.25) is 4.98 Å². The topological polar surface area (TPSA) is 53.5 Å². The largest absolute Gasteiger partial charge is 0.282 e. The average molecular weight is 319 g/mol. The minimum absolute atomic E-state index is 0.324. The summed E-state index contributed by atoms with van der Waals surface area (Å²) < 4.78 is 27.8. The smallest absolute Gasteiger partial charge is 0.262 e. The van der Waals surface area contributed by atoms with Crippen LogP contribution in [0, 0.1) is 6.92 Å². The van der Waals surface area contributed by atoms with Gasteiger partial charge >= 0.3 is 0 Å². The average Bonchev–Trinajstić information content (AvgIpc) is 2.48. The number of aromatic nitrogens is 1. The van der Waals surface area contributed by atoms with E-state index in [4.69, 9.17) is 0 Å². The standard InChI is InChI=1S/C16H21N3O2S/c1-14-11-16(9-10-17-14)13-19(3)22(20,21)18(2)12-15-7-5-4-6-8-15/h4-11H,12-13H2,1-3H3. The molecule has 0 N–H and O–H groups in total. The first-order valence-corrected chi connectivity index (χ1v) is 8.42. The Hall–Kier alpha value is -1.76. The third-order valence-corrected chi connectivity index (χ3v) is 5.24. The second-order valence-corrected chi connectivity index (χ2v) is 7.45. The van der Waals surface area contributed by atoms with Gasteiger partial charge in [0.2, 0.25) is 0 Å². The number of pyridine rings is 1. The molecule has 1 aromatic carbocycles. The Bertz CT molecular complexity index is 717. The lowest BCUT2D eigenvalue weighted by molar-refractivity contribution is 0.386. The van der Waals surface area contributed by atoms with Crippen LogP contribution in [-0.2, 0) is 23.3 Å². The van der Waals surface area contributed by atoms with Crippen molar-refractivity contribution >= 4 is 10.2 Å². The maximum Gasteiger partial charge on any atom is 0.282 e. The summed E-state index contributed by atoms with van der Waals surface area (Å²) in [6.07, 6.45) is 1.69. The van der Waals surface area contributed by atoms with Gasteiger partial charge in [-0.15, -0.1) is 0 Å². The van der Waals surface area contributed by atoms with Gasteiger partial charge in [-0.05, 0) is 30.2 Å². The number of nitrogens with zero attached hydrogens (tertiary/aromatic N) is 3. The Morgan fingerprint density at radius 3 is 2.14 bits per heavy atom. The summed E-state index contributed by atoms with van der Waals surface area (Å²) in [5.41, 5.74) is 2.76. The zero-order valence-electron chi connectivity index (χ0n) is 13.1. The fourth-order valence-corrected chi connectivity index (χ4v) is 3.30. The Kier molecular flexibility index (Phi) is 5.28. The first-order chi connectivity index (χ1) is 10.4. The van der Waals surface area contributed by atoms with Crippen LogP contribution in [0.25, 0.3) is 0 Å². The first kappa shape index (κ1) is 16.6. The molecule has 0 fully saturated rings. The second-order valence-electron chi connectivity index (χ2n) is 5.31. The molecule has 0 radical (unpaired) electrons. The third-order valence-electron chi connectivity index (χ3n) is 3.40. The molecule has 0 amide bonds. The van der Waals surface area contributed by atoms with Crippen LogP contribution in [0.1, 0.15) is 16.8 Å². The molecule has 1 heterocycles. The number of rotatable bonds is 6. The maximum absolute atomic E-state index is 12.6. The van der Waals surface area contributed by atoms with Crippen LogP contribution in [0.2, 0.25) is 0 Å². The molecule has 2 rings (SSSR count). The second kappa shape index (κ2) is 7.00. The normalized spacial score (nSPS) is 12.0. The van der Waals surface area contributed by atoms with Gasteiger partial charge < -0.3 is 0 Å². The van der Waals surface area contributed by atoms with Crippen molar-refractivity contribution < 1.29 is 8.42 Å². The van der Waals surface area contributed by atoms with Crippen molar-refractivity contribution in [2.45, 2.75) is 20.0 Å². The van der Waals surface area contributed by atoms with E-state index in [1.807, 2.05) is 49.4 Å². The monoisotopic (exact) mass is 319 g/mol. The SMILES string of the molecule is Cc1cc(CN(C)S(=O)(=O)N(C)Cc2ccccc2)ccn1. The number of aryl methyl sites for hydroxylation is 1. The van der Waals surface area contributed by atoms with Crippen LogP contribution in [0.15, 0.2) is 48.7 Å². The molecule has 1 aromatic heterocycles. The van der Waals surface area contributed by atoms with E-state index in [1.165, 1.54) is 8.61 Å². The van der Waals surface area contributed by atoms with E-state index < -0.39 is 10.2 Å². The summed E-state index contributed by atoms with van der Waals surface area (Å²) in [5, 5.41) is 0. The minimum atomic E-state index is -3.50. The third kappa shape index (κ3) is 4.13. The molecule has 0 bridgehead atoms. The molecule has 0 unspecified atom stereocenters. The fourth-order valence-electron chi connectivity index (χ4n) is 2.20. The van der Waals surface area contributed by atoms with Crippen molar-refractivity contribution in [3.8, 4) is 0 Å². The van der Waals surface area contributed by atoms with Gasteiger partial charge in [0.15, 0.2) is 0 Å². The van der Waals surface area contributed by atoms with Crippen LogP contribution < -0.4 is 0 Å². The Morgan fingerprint density at radius 2 is 1.55 bits per heavy atom. The van der Waals surface area contributed by atoms with Crippen LogP contribution in [0.3, 0.4) is 0 Å². The molecular formula is C16H21N3O2S. The van der Waals surface area contributed by atoms with Gasteiger partial charge in [-0.1, -0.05) is 30.3 Å². The van der Waals surface area contributed by atoms with Crippen molar-refractivity contribution in [1.82, 2.24) is 13.6 Å². The zero-order valence-corrected chi connectivity index (χ0v) is 13.9.